The zero-order valence-electron chi connectivity index (χ0n) is 7.02. The molecule has 0 aromatic heterocycles. The third kappa shape index (κ3) is 2.67. The molecular formula is C8H16N2. The summed E-state index contributed by atoms with van der Waals surface area (Å²) in [6.07, 6.45) is 2.97. The van der Waals surface area contributed by atoms with E-state index in [4.69, 9.17) is 5.73 Å². The van der Waals surface area contributed by atoms with Crippen molar-refractivity contribution in [1.29, 1.82) is 0 Å². The summed E-state index contributed by atoms with van der Waals surface area (Å²) in [7, 11) is 0. The molecule has 0 aromatic carbocycles. The molecule has 0 amide bonds. The second kappa shape index (κ2) is 5.03. The molecule has 0 rings (SSSR count). The van der Waals surface area contributed by atoms with Gasteiger partial charge in [-0.15, -0.1) is 0 Å². The van der Waals surface area contributed by atoms with E-state index in [1.165, 1.54) is 0 Å². The molecular weight excluding hydrogens is 124 g/mol. The maximum Gasteiger partial charge on any atom is 0.121 e. The molecule has 0 aliphatic rings. The summed E-state index contributed by atoms with van der Waals surface area (Å²) in [6.45, 7) is 6.81. The van der Waals surface area contributed by atoms with Gasteiger partial charge in [-0.1, -0.05) is 13.0 Å². The molecule has 0 fully saturated rings. The highest BCUT2D eigenvalue weighted by atomic mass is 14.8. The number of amidine groups is 1. The second-order valence-corrected chi connectivity index (χ2v) is 2.03. The molecule has 0 unspecified atom stereocenters. The van der Waals surface area contributed by atoms with Gasteiger partial charge in [0.15, 0.2) is 0 Å². The second-order valence-electron chi connectivity index (χ2n) is 2.03. The predicted octanol–water partition coefficient (Wildman–Crippen LogP) is 1.72. The standard InChI is InChI=1S/C8H16N2/c1-4-7(5-2)8(9)10-6-3/h4H,5-6H2,1-3H3,(H2,9,10)/b7-4-. The first kappa shape index (κ1) is 9.21. The Kier molecular flexibility index (Phi) is 4.63. The van der Waals surface area contributed by atoms with E-state index in [2.05, 4.69) is 11.9 Å². The van der Waals surface area contributed by atoms with Crippen molar-refractivity contribution in [3.63, 3.8) is 0 Å². The number of allylic oxidation sites excluding steroid dienone is 1. The summed E-state index contributed by atoms with van der Waals surface area (Å²) >= 11 is 0. The van der Waals surface area contributed by atoms with Crippen LogP contribution in [0.3, 0.4) is 0 Å². The Morgan fingerprint density at radius 3 is 2.40 bits per heavy atom. The van der Waals surface area contributed by atoms with Crippen molar-refractivity contribution in [3.05, 3.63) is 11.6 Å². The van der Waals surface area contributed by atoms with E-state index in [0.717, 1.165) is 18.5 Å². The van der Waals surface area contributed by atoms with Gasteiger partial charge in [-0.2, -0.15) is 0 Å². The van der Waals surface area contributed by atoms with Crippen LogP contribution in [0.5, 0.6) is 0 Å². The lowest BCUT2D eigenvalue weighted by Gasteiger charge is -2.00. The molecule has 0 aliphatic carbocycles. The van der Waals surface area contributed by atoms with Gasteiger partial charge in [0.25, 0.3) is 0 Å². The normalized spacial score (nSPS) is 13.9. The van der Waals surface area contributed by atoms with Gasteiger partial charge in [-0.05, 0) is 25.8 Å². The van der Waals surface area contributed by atoms with Crippen LogP contribution in [0.4, 0.5) is 0 Å². The highest BCUT2D eigenvalue weighted by Gasteiger charge is 1.95. The van der Waals surface area contributed by atoms with Crippen LogP contribution in [0, 0.1) is 0 Å². The Bertz CT molecular complexity index is 145. The van der Waals surface area contributed by atoms with Crippen LogP contribution in [-0.2, 0) is 0 Å². The summed E-state index contributed by atoms with van der Waals surface area (Å²) in [5.74, 6) is 0.688. The molecule has 2 heteroatoms. The van der Waals surface area contributed by atoms with E-state index >= 15 is 0 Å². The lowest BCUT2D eigenvalue weighted by atomic mass is 10.2. The smallest absolute Gasteiger partial charge is 0.121 e. The molecule has 0 radical (unpaired) electrons. The number of hydrogen-bond donors (Lipinski definition) is 1. The molecule has 0 aliphatic heterocycles. The van der Waals surface area contributed by atoms with Crippen molar-refractivity contribution in [2.45, 2.75) is 27.2 Å². The molecule has 0 bridgehead atoms. The number of nitrogens with zero attached hydrogens (tertiary/aromatic N) is 1. The topological polar surface area (TPSA) is 38.4 Å². The van der Waals surface area contributed by atoms with Gasteiger partial charge in [-0.3, -0.25) is 4.99 Å². The van der Waals surface area contributed by atoms with E-state index in [-0.39, 0.29) is 0 Å². The summed E-state index contributed by atoms with van der Waals surface area (Å²) < 4.78 is 0. The fourth-order valence-electron chi connectivity index (χ4n) is 0.805. The third-order valence-corrected chi connectivity index (χ3v) is 1.39. The number of rotatable bonds is 3. The zero-order chi connectivity index (χ0) is 7.98. The monoisotopic (exact) mass is 140 g/mol. The van der Waals surface area contributed by atoms with Crippen LogP contribution in [0.25, 0.3) is 0 Å². The van der Waals surface area contributed by atoms with Crippen molar-refractivity contribution >= 4 is 5.84 Å². The first-order chi connectivity index (χ1) is 4.76. The maximum atomic E-state index is 5.63. The Balaban J connectivity index is 4.16. The number of nitrogens with two attached hydrogens (primary N) is 1. The van der Waals surface area contributed by atoms with Gasteiger partial charge in [-0.25, -0.2) is 0 Å². The minimum atomic E-state index is 0.688. The average Bonchev–Trinajstić information content (AvgIpc) is 1.91. The largest absolute Gasteiger partial charge is 0.384 e. The first-order valence-electron chi connectivity index (χ1n) is 3.71. The fraction of sp³-hybridized carbons (Fsp3) is 0.625. The quantitative estimate of drug-likeness (QED) is 0.470. The predicted molar refractivity (Wildman–Crippen MR) is 46.2 cm³/mol. The van der Waals surface area contributed by atoms with Gasteiger partial charge in [0.1, 0.15) is 5.84 Å². The van der Waals surface area contributed by atoms with Crippen LogP contribution < -0.4 is 5.73 Å². The minimum absolute atomic E-state index is 0.688. The number of aliphatic imine (C=N–C) groups is 1. The van der Waals surface area contributed by atoms with E-state index < -0.39 is 0 Å². The van der Waals surface area contributed by atoms with Crippen molar-refractivity contribution in [3.8, 4) is 0 Å². The molecule has 0 aromatic rings. The van der Waals surface area contributed by atoms with Gasteiger partial charge in [0.05, 0.1) is 0 Å². The van der Waals surface area contributed by atoms with Crippen molar-refractivity contribution < 1.29 is 0 Å². The molecule has 0 saturated carbocycles. The van der Waals surface area contributed by atoms with Crippen molar-refractivity contribution in [2.24, 2.45) is 10.7 Å². The number of hydrogen-bond acceptors (Lipinski definition) is 1. The van der Waals surface area contributed by atoms with Gasteiger partial charge in [0.2, 0.25) is 0 Å². The Hall–Kier alpha value is -0.790. The fourth-order valence-corrected chi connectivity index (χ4v) is 0.805. The van der Waals surface area contributed by atoms with Crippen LogP contribution in [-0.4, -0.2) is 12.4 Å². The van der Waals surface area contributed by atoms with Crippen LogP contribution >= 0.6 is 0 Å². The van der Waals surface area contributed by atoms with Crippen molar-refractivity contribution in [2.75, 3.05) is 6.54 Å². The highest BCUT2D eigenvalue weighted by molar-refractivity contribution is 5.96. The molecule has 2 nitrogen and oxygen atoms in total. The van der Waals surface area contributed by atoms with Gasteiger partial charge in [0, 0.05) is 6.54 Å². The molecule has 10 heavy (non-hydrogen) atoms. The zero-order valence-corrected chi connectivity index (χ0v) is 7.02. The lowest BCUT2D eigenvalue weighted by molar-refractivity contribution is 1.09. The highest BCUT2D eigenvalue weighted by Crippen LogP contribution is 1.99. The van der Waals surface area contributed by atoms with Crippen LogP contribution in [0.15, 0.2) is 16.6 Å². The Labute approximate surface area is 62.8 Å². The minimum Gasteiger partial charge on any atom is -0.384 e. The maximum absolute atomic E-state index is 5.63. The molecule has 2 N–H and O–H groups in total. The molecule has 0 spiro atoms. The molecule has 58 valence electrons. The SMILES string of the molecule is C/C=C(/CC)C(N)=NCC. The lowest BCUT2D eigenvalue weighted by Crippen LogP contribution is -2.14. The molecule has 0 heterocycles. The van der Waals surface area contributed by atoms with Gasteiger partial charge >= 0.3 is 0 Å². The summed E-state index contributed by atoms with van der Waals surface area (Å²) in [5, 5.41) is 0. The van der Waals surface area contributed by atoms with Gasteiger partial charge < -0.3 is 5.73 Å². The van der Waals surface area contributed by atoms with E-state index in [1.807, 2.05) is 19.9 Å². The first-order valence-corrected chi connectivity index (χ1v) is 3.71. The summed E-state index contributed by atoms with van der Waals surface area (Å²) in [4.78, 5) is 4.09. The van der Waals surface area contributed by atoms with E-state index in [0.29, 0.717) is 5.84 Å². The Morgan fingerprint density at radius 2 is 2.10 bits per heavy atom. The van der Waals surface area contributed by atoms with Crippen LogP contribution in [0.2, 0.25) is 0 Å². The van der Waals surface area contributed by atoms with E-state index in [9.17, 15) is 0 Å². The summed E-state index contributed by atoms with van der Waals surface area (Å²) in [6, 6.07) is 0. The third-order valence-electron chi connectivity index (χ3n) is 1.39. The summed E-state index contributed by atoms with van der Waals surface area (Å²) in [5.41, 5.74) is 6.77. The molecule has 0 saturated heterocycles. The van der Waals surface area contributed by atoms with Crippen molar-refractivity contribution in [1.82, 2.24) is 0 Å². The van der Waals surface area contributed by atoms with E-state index in [1.54, 1.807) is 0 Å². The Morgan fingerprint density at radius 1 is 1.50 bits per heavy atom. The molecule has 0 atom stereocenters. The van der Waals surface area contributed by atoms with Crippen LogP contribution in [0.1, 0.15) is 27.2 Å². The average molecular weight is 140 g/mol.